The Labute approximate surface area is 240 Å². The predicted octanol–water partition coefficient (Wildman–Crippen LogP) is 7.11. The summed E-state index contributed by atoms with van der Waals surface area (Å²) < 4.78 is 5.88. The lowest BCUT2D eigenvalue weighted by Crippen LogP contribution is -2.17. The maximum Gasteiger partial charge on any atom is 0.271 e. The second kappa shape index (κ2) is 12.7. The number of para-hydroxylation sites is 1. The summed E-state index contributed by atoms with van der Waals surface area (Å²) in [5.74, 6) is 0.213. The van der Waals surface area contributed by atoms with Gasteiger partial charge in [0.2, 0.25) is 0 Å². The molecule has 4 aromatic carbocycles. The van der Waals surface area contributed by atoms with Crippen molar-refractivity contribution in [1.29, 1.82) is 0 Å². The minimum atomic E-state index is -0.444. The van der Waals surface area contributed by atoms with E-state index in [4.69, 9.17) is 4.74 Å². The largest absolute Gasteiger partial charge is 0.488 e. The molecule has 5 aromatic rings. The van der Waals surface area contributed by atoms with Crippen LogP contribution in [0, 0.1) is 17.0 Å². The minimum absolute atomic E-state index is 0.0233. The van der Waals surface area contributed by atoms with Gasteiger partial charge in [-0.3, -0.25) is 14.9 Å². The summed E-state index contributed by atoms with van der Waals surface area (Å²) in [5, 5.41) is 21.0. The number of carbonyl (C=O) groups is 1. The molecule has 5 rings (SSSR count). The van der Waals surface area contributed by atoms with Crippen LogP contribution in [0.2, 0.25) is 0 Å². The second-order valence-electron chi connectivity index (χ2n) is 9.06. The van der Waals surface area contributed by atoms with Crippen LogP contribution in [0.4, 0.5) is 16.5 Å². The van der Waals surface area contributed by atoms with Crippen molar-refractivity contribution in [2.75, 3.05) is 5.32 Å². The van der Waals surface area contributed by atoms with E-state index in [9.17, 15) is 14.9 Å². The summed E-state index contributed by atoms with van der Waals surface area (Å²) in [4.78, 5) is 27.7. The topological polar surface area (TPSA) is 119 Å². The van der Waals surface area contributed by atoms with Gasteiger partial charge in [-0.05, 0) is 61.0 Å². The van der Waals surface area contributed by atoms with E-state index in [1.54, 1.807) is 30.3 Å². The van der Waals surface area contributed by atoms with E-state index in [0.717, 1.165) is 27.6 Å². The number of aryl methyl sites for hydroxylation is 1. The molecule has 1 amide bonds. The van der Waals surface area contributed by atoms with Gasteiger partial charge in [0, 0.05) is 39.9 Å². The Morgan fingerprint density at radius 3 is 2.46 bits per heavy atom. The fraction of sp³-hybridized carbons (Fsp3) is 0.0645. The normalized spacial score (nSPS) is 10.9. The monoisotopic (exact) mass is 563 g/mol. The van der Waals surface area contributed by atoms with E-state index in [-0.39, 0.29) is 18.2 Å². The van der Waals surface area contributed by atoms with Crippen LogP contribution >= 0.6 is 11.3 Å². The number of anilines is 2. The number of hydrogen-bond acceptors (Lipinski definition) is 8. The summed E-state index contributed by atoms with van der Waals surface area (Å²) in [5.41, 5.74) is 8.38. The summed E-state index contributed by atoms with van der Waals surface area (Å²) in [6.07, 6.45) is 1.51. The van der Waals surface area contributed by atoms with Crippen LogP contribution < -0.4 is 15.5 Å². The van der Waals surface area contributed by atoms with Crippen LogP contribution in [0.1, 0.15) is 27.0 Å². The Morgan fingerprint density at radius 2 is 1.73 bits per heavy atom. The zero-order valence-corrected chi connectivity index (χ0v) is 22.8. The molecule has 0 saturated heterocycles. The number of carbonyl (C=O) groups excluding carboxylic acids is 1. The van der Waals surface area contributed by atoms with Gasteiger partial charge in [0.15, 0.2) is 5.13 Å². The summed E-state index contributed by atoms with van der Waals surface area (Å²) in [7, 11) is 0. The number of nitro benzene ring substituents is 1. The number of hydrogen-bond donors (Lipinski definition) is 2. The first-order chi connectivity index (χ1) is 19.9. The van der Waals surface area contributed by atoms with E-state index in [2.05, 4.69) is 20.8 Å². The maximum absolute atomic E-state index is 12.7. The lowest BCUT2D eigenvalue weighted by molar-refractivity contribution is -0.384. The molecule has 41 heavy (non-hydrogen) atoms. The second-order valence-corrected chi connectivity index (χ2v) is 9.91. The number of nitro groups is 1. The number of non-ortho nitro benzene ring substituents is 1. The van der Waals surface area contributed by atoms with Crippen LogP contribution in [-0.2, 0) is 6.61 Å². The predicted molar refractivity (Wildman–Crippen MR) is 161 cm³/mol. The lowest BCUT2D eigenvalue weighted by atomic mass is 10.1. The quantitative estimate of drug-likeness (QED) is 0.106. The SMILES string of the molecule is Cc1ccc(Nc2nc(-c3ccc(C(=O)N/N=C\c4ccccc4OCc4ccc([N+](=O)[O-])cc4)cc3)cs2)cc1. The molecule has 0 aliphatic carbocycles. The van der Waals surface area contributed by atoms with E-state index in [1.807, 2.05) is 66.9 Å². The zero-order chi connectivity index (χ0) is 28.6. The first kappa shape index (κ1) is 27.2. The van der Waals surface area contributed by atoms with E-state index in [1.165, 1.54) is 35.2 Å². The van der Waals surface area contributed by atoms with Crippen LogP contribution in [0.3, 0.4) is 0 Å². The summed E-state index contributed by atoms with van der Waals surface area (Å²) >= 11 is 1.51. The van der Waals surface area contributed by atoms with Crippen molar-refractivity contribution in [1.82, 2.24) is 10.4 Å². The molecule has 0 saturated carbocycles. The molecule has 2 N–H and O–H groups in total. The van der Waals surface area contributed by atoms with Crippen molar-refractivity contribution in [2.24, 2.45) is 5.10 Å². The first-order valence-corrected chi connectivity index (χ1v) is 13.5. The number of nitrogens with one attached hydrogen (secondary N) is 2. The number of rotatable bonds is 10. The number of benzene rings is 4. The summed E-state index contributed by atoms with van der Waals surface area (Å²) in [6.45, 7) is 2.27. The van der Waals surface area contributed by atoms with Gasteiger partial charge < -0.3 is 10.1 Å². The molecule has 1 aromatic heterocycles. The third-order valence-electron chi connectivity index (χ3n) is 6.08. The Morgan fingerprint density at radius 1 is 1.00 bits per heavy atom. The molecule has 0 unspecified atom stereocenters. The van der Waals surface area contributed by atoms with Crippen molar-refractivity contribution in [3.63, 3.8) is 0 Å². The van der Waals surface area contributed by atoms with Gasteiger partial charge in [0.25, 0.3) is 11.6 Å². The van der Waals surface area contributed by atoms with E-state index >= 15 is 0 Å². The first-order valence-electron chi connectivity index (χ1n) is 12.6. The number of amides is 1. The van der Waals surface area contributed by atoms with Gasteiger partial charge in [-0.1, -0.05) is 42.0 Å². The molecule has 0 bridgehead atoms. The molecule has 0 aliphatic rings. The molecule has 0 spiro atoms. The van der Waals surface area contributed by atoms with Crippen LogP contribution in [0.15, 0.2) is 108 Å². The number of aromatic nitrogens is 1. The minimum Gasteiger partial charge on any atom is -0.488 e. The third-order valence-corrected chi connectivity index (χ3v) is 6.84. The van der Waals surface area contributed by atoms with Gasteiger partial charge in [-0.2, -0.15) is 5.10 Å². The highest BCUT2D eigenvalue weighted by atomic mass is 32.1. The fourth-order valence-electron chi connectivity index (χ4n) is 3.84. The molecule has 9 nitrogen and oxygen atoms in total. The Balaban J connectivity index is 1.16. The van der Waals surface area contributed by atoms with Gasteiger partial charge in [-0.25, -0.2) is 10.4 Å². The molecular weight excluding hydrogens is 538 g/mol. The molecule has 0 fully saturated rings. The molecule has 0 atom stereocenters. The maximum atomic E-state index is 12.7. The fourth-order valence-corrected chi connectivity index (χ4v) is 4.57. The van der Waals surface area contributed by atoms with Crippen molar-refractivity contribution in [3.8, 4) is 17.0 Å². The Kier molecular flexibility index (Phi) is 8.41. The van der Waals surface area contributed by atoms with Crippen LogP contribution in [0.25, 0.3) is 11.3 Å². The van der Waals surface area contributed by atoms with Gasteiger partial charge in [0.05, 0.1) is 16.8 Å². The average Bonchev–Trinajstić information content (AvgIpc) is 3.46. The van der Waals surface area contributed by atoms with Gasteiger partial charge in [0.1, 0.15) is 12.4 Å². The number of hydrazone groups is 1. The third kappa shape index (κ3) is 7.20. The van der Waals surface area contributed by atoms with Crippen LogP contribution in [0.5, 0.6) is 5.75 Å². The molecule has 0 aliphatic heterocycles. The zero-order valence-electron chi connectivity index (χ0n) is 22.0. The smallest absolute Gasteiger partial charge is 0.271 e. The van der Waals surface area contributed by atoms with Crippen molar-refractivity contribution in [3.05, 3.63) is 135 Å². The lowest BCUT2D eigenvalue weighted by Gasteiger charge is -2.09. The van der Waals surface area contributed by atoms with Crippen LogP contribution in [-0.4, -0.2) is 22.0 Å². The Bertz CT molecular complexity index is 1680. The highest BCUT2D eigenvalue weighted by molar-refractivity contribution is 7.14. The average molecular weight is 564 g/mol. The number of thiazole rings is 1. The van der Waals surface area contributed by atoms with E-state index < -0.39 is 4.92 Å². The number of ether oxygens (including phenoxy) is 1. The highest BCUT2D eigenvalue weighted by Crippen LogP contribution is 2.27. The van der Waals surface area contributed by atoms with Crippen molar-refractivity contribution >= 4 is 40.0 Å². The summed E-state index contributed by atoms with van der Waals surface area (Å²) in [6, 6.07) is 28.7. The Hall–Kier alpha value is -5.35. The van der Waals surface area contributed by atoms with Gasteiger partial charge in [-0.15, -0.1) is 11.3 Å². The molecule has 204 valence electrons. The molecule has 0 radical (unpaired) electrons. The number of nitrogens with zero attached hydrogens (tertiary/aromatic N) is 3. The highest BCUT2D eigenvalue weighted by Gasteiger charge is 2.09. The van der Waals surface area contributed by atoms with E-state index in [0.29, 0.717) is 16.9 Å². The van der Waals surface area contributed by atoms with Gasteiger partial charge >= 0.3 is 0 Å². The molecule has 10 heteroatoms. The molecular formula is C31H25N5O4S. The molecule has 1 heterocycles. The standard InChI is InChI=1S/C31H25N5O4S/c1-21-6-14-26(15-7-21)33-31-34-28(20-41-31)23-10-12-24(13-11-23)30(37)35-32-18-25-4-2-3-5-29(25)40-19-22-8-16-27(17-9-22)36(38)39/h2-18,20H,19H2,1H3,(H,33,34)(H,35,37)/b32-18-. The van der Waals surface area contributed by atoms with Crippen molar-refractivity contribution in [2.45, 2.75) is 13.5 Å². The van der Waals surface area contributed by atoms with Crippen molar-refractivity contribution < 1.29 is 14.5 Å².